The molecule has 0 saturated carbocycles. The van der Waals surface area contributed by atoms with Gasteiger partial charge in [0.2, 0.25) is 0 Å². The number of amides is 1. The van der Waals surface area contributed by atoms with Gasteiger partial charge in [-0.05, 0) is 36.6 Å². The molecule has 2 aromatic carbocycles. The molecule has 0 saturated heterocycles. The number of hydrogen-bond donors (Lipinski definition) is 2. The second-order valence-electron chi connectivity index (χ2n) is 6.81. The molecule has 5 nitrogen and oxygen atoms in total. The minimum atomic E-state index is -0.972. The summed E-state index contributed by atoms with van der Waals surface area (Å²) in [4.78, 5) is 28.3. The van der Waals surface area contributed by atoms with Gasteiger partial charge in [0.15, 0.2) is 0 Å². The SMILES string of the molecule is Cc1ccc(-c2cncc(C(=O)N[C@@H](CC(=O)O)c3ccccc3C)c2)cc1. The molecule has 1 amide bonds. The van der Waals surface area contributed by atoms with E-state index in [2.05, 4.69) is 10.3 Å². The first-order valence-corrected chi connectivity index (χ1v) is 9.04. The molecule has 1 atom stereocenters. The molecule has 3 rings (SSSR count). The van der Waals surface area contributed by atoms with E-state index in [0.717, 1.165) is 27.8 Å². The first-order chi connectivity index (χ1) is 13.4. The molecule has 142 valence electrons. The van der Waals surface area contributed by atoms with Gasteiger partial charge in [-0.25, -0.2) is 0 Å². The topological polar surface area (TPSA) is 79.3 Å². The molecule has 0 aliphatic heterocycles. The summed E-state index contributed by atoms with van der Waals surface area (Å²) in [5.41, 5.74) is 5.07. The molecule has 0 aliphatic carbocycles. The first kappa shape index (κ1) is 19.3. The number of carbonyl (C=O) groups is 2. The van der Waals surface area contributed by atoms with Crippen LogP contribution in [0.15, 0.2) is 67.0 Å². The van der Waals surface area contributed by atoms with Crippen LogP contribution in [-0.2, 0) is 4.79 Å². The summed E-state index contributed by atoms with van der Waals surface area (Å²) in [6, 6.07) is 16.6. The number of nitrogens with one attached hydrogen (secondary N) is 1. The molecule has 0 unspecified atom stereocenters. The molecule has 2 N–H and O–H groups in total. The van der Waals surface area contributed by atoms with Crippen molar-refractivity contribution in [3.8, 4) is 11.1 Å². The fourth-order valence-corrected chi connectivity index (χ4v) is 3.10. The van der Waals surface area contributed by atoms with E-state index in [1.54, 1.807) is 12.3 Å². The number of hydrogen-bond acceptors (Lipinski definition) is 3. The Hall–Kier alpha value is -3.47. The number of nitrogens with zero attached hydrogens (tertiary/aromatic N) is 1. The van der Waals surface area contributed by atoms with Crippen LogP contribution in [0, 0.1) is 13.8 Å². The van der Waals surface area contributed by atoms with Gasteiger partial charge in [0.25, 0.3) is 5.91 Å². The van der Waals surface area contributed by atoms with Crippen LogP contribution in [0.1, 0.15) is 39.5 Å². The van der Waals surface area contributed by atoms with Crippen LogP contribution in [-0.4, -0.2) is 22.0 Å². The van der Waals surface area contributed by atoms with E-state index in [1.165, 1.54) is 6.20 Å². The molecule has 1 aromatic heterocycles. The van der Waals surface area contributed by atoms with Gasteiger partial charge in [-0.2, -0.15) is 0 Å². The lowest BCUT2D eigenvalue weighted by atomic mass is 9.98. The number of pyridine rings is 1. The summed E-state index contributed by atoms with van der Waals surface area (Å²) in [5, 5.41) is 12.1. The van der Waals surface area contributed by atoms with Gasteiger partial charge in [-0.3, -0.25) is 14.6 Å². The van der Waals surface area contributed by atoms with Crippen LogP contribution in [0.25, 0.3) is 11.1 Å². The van der Waals surface area contributed by atoms with Crippen molar-refractivity contribution in [2.45, 2.75) is 26.3 Å². The fourth-order valence-electron chi connectivity index (χ4n) is 3.10. The molecule has 3 aromatic rings. The third-order valence-electron chi connectivity index (χ3n) is 4.63. The molecule has 0 bridgehead atoms. The smallest absolute Gasteiger partial charge is 0.305 e. The van der Waals surface area contributed by atoms with Gasteiger partial charge in [0.05, 0.1) is 18.0 Å². The van der Waals surface area contributed by atoms with Crippen molar-refractivity contribution in [2.24, 2.45) is 0 Å². The summed E-state index contributed by atoms with van der Waals surface area (Å²) in [5.74, 6) is -1.32. The maximum Gasteiger partial charge on any atom is 0.305 e. The minimum Gasteiger partial charge on any atom is -0.481 e. The number of benzene rings is 2. The van der Waals surface area contributed by atoms with Crippen LogP contribution < -0.4 is 5.32 Å². The van der Waals surface area contributed by atoms with Crippen LogP contribution in [0.4, 0.5) is 0 Å². The van der Waals surface area contributed by atoms with Gasteiger partial charge in [0.1, 0.15) is 0 Å². The molecular formula is C23H22N2O3. The normalized spacial score (nSPS) is 11.6. The van der Waals surface area contributed by atoms with Gasteiger partial charge < -0.3 is 10.4 Å². The highest BCUT2D eigenvalue weighted by Crippen LogP contribution is 2.23. The largest absolute Gasteiger partial charge is 0.481 e. The van der Waals surface area contributed by atoms with E-state index < -0.39 is 12.0 Å². The van der Waals surface area contributed by atoms with Crippen molar-refractivity contribution in [1.82, 2.24) is 10.3 Å². The Bertz CT molecular complexity index is 997. The van der Waals surface area contributed by atoms with Gasteiger partial charge >= 0.3 is 5.97 Å². The zero-order valence-electron chi connectivity index (χ0n) is 15.8. The van der Waals surface area contributed by atoms with Crippen LogP contribution in [0.5, 0.6) is 0 Å². The standard InChI is InChI=1S/C23H22N2O3/c1-15-7-9-17(10-8-15)18-11-19(14-24-13-18)23(28)25-21(12-22(26)27)20-6-4-3-5-16(20)2/h3-11,13-14,21H,12H2,1-2H3,(H,25,28)(H,26,27)/t21-/m0/s1. The highest BCUT2D eigenvalue weighted by atomic mass is 16.4. The summed E-state index contributed by atoms with van der Waals surface area (Å²) in [7, 11) is 0. The van der Waals surface area contributed by atoms with Crippen molar-refractivity contribution in [3.05, 3.63) is 89.2 Å². The third kappa shape index (κ3) is 4.62. The Morgan fingerprint density at radius 1 is 1.00 bits per heavy atom. The molecule has 0 spiro atoms. The quantitative estimate of drug-likeness (QED) is 0.674. The average molecular weight is 374 g/mol. The first-order valence-electron chi connectivity index (χ1n) is 9.04. The number of rotatable bonds is 6. The predicted octanol–water partition coefficient (Wildman–Crippen LogP) is 4.31. The van der Waals surface area contributed by atoms with E-state index in [0.29, 0.717) is 5.56 Å². The number of aliphatic carboxylic acids is 1. The highest BCUT2D eigenvalue weighted by molar-refractivity contribution is 5.95. The monoisotopic (exact) mass is 374 g/mol. The summed E-state index contributed by atoms with van der Waals surface area (Å²) in [6.07, 6.45) is 3.00. The number of carbonyl (C=O) groups excluding carboxylic acids is 1. The predicted molar refractivity (Wildman–Crippen MR) is 108 cm³/mol. The Labute approximate surface area is 164 Å². The van der Waals surface area contributed by atoms with Crippen molar-refractivity contribution < 1.29 is 14.7 Å². The van der Waals surface area contributed by atoms with E-state index in [-0.39, 0.29) is 12.3 Å². The molecule has 5 heteroatoms. The highest BCUT2D eigenvalue weighted by Gasteiger charge is 2.20. The number of carboxylic acid groups (broad SMARTS) is 1. The van der Waals surface area contributed by atoms with Crippen molar-refractivity contribution >= 4 is 11.9 Å². The van der Waals surface area contributed by atoms with E-state index in [1.807, 2.05) is 62.4 Å². The molecule has 28 heavy (non-hydrogen) atoms. The average Bonchev–Trinajstić information content (AvgIpc) is 2.68. The third-order valence-corrected chi connectivity index (χ3v) is 4.63. The maximum atomic E-state index is 12.8. The second-order valence-corrected chi connectivity index (χ2v) is 6.81. The van der Waals surface area contributed by atoms with Crippen LogP contribution in [0.3, 0.4) is 0 Å². The molecule has 1 heterocycles. The van der Waals surface area contributed by atoms with Crippen molar-refractivity contribution in [1.29, 1.82) is 0 Å². The van der Waals surface area contributed by atoms with Crippen molar-refractivity contribution in [3.63, 3.8) is 0 Å². The molecule has 0 aliphatic rings. The zero-order chi connectivity index (χ0) is 20.1. The van der Waals surface area contributed by atoms with Gasteiger partial charge in [-0.1, -0.05) is 54.1 Å². The van der Waals surface area contributed by atoms with E-state index in [9.17, 15) is 14.7 Å². The summed E-state index contributed by atoms with van der Waals surface area (Å²) in [6.45, 7) is 3.91. The Morgan fingerprint density at radius 3 is 2.39 bits per heavy atom. The summed E-state index contributed by atoms with van der Waals surface area (Å²) < 4.78 is 0. The zero-order valence-corrected chi connectivity index (χ0v) is 15.8. The molecular weight excluding hydrogens is 352 g/mol. The van der Waals surface area contributed by atoms with Gasteiger partial charge in [0, 0.05) is 18.0 Å². The maximum absolute atomic E-state index is 12.8. The summed E-state index contributed by atoms with van der Waals surface area (Å²) >= 11 is 0. The molecule has 0 fully saturated rings. The van der Waals surface area contributed by atoms with Crippen LogP contribution >= 0.6 is 0 Å². The van der Waals surface area contributed by atoms with Crippen LogP contribution in [0.2, 0.25) is 0 Å². The number of aromatic nitrogens is 1. The minimum absolute atomic E-state index is 0.193. The van der Waals surface area contributed by atoms with Crippen molar-refractivity contribution in [2.75, 3.05) is 0 Å². The number of aryl methyl sites for hydroxylation is 2. The van der Waals surface area contributed by atoms with E-state index in [4.69, 9.17) is 0 Å². The Morgan fingerprint density at radius 2 is 1.71 bits per heavy atom. The second kappa shape index (κ2) is 8.48. The lowest BCUT2D eigenvalue weighted by Gasteiger charge is -2.19. The Kier molecular flexibility index (Phi) is 5.84. The molecule has 0 radical (unpaired) electrons. The fraction of sp³-hybridized carbons (Fsp3) is 0.174. The number of carboxylic acids is 1. The van der Waals surface area contributed by atoms with Gasteiger partial charge in [-0.15, -0.1) is 0 Å². The Balaban J connectivity index is 1.86. The van der Waals surface area contributed by atoms with E-state index >= 15 is 0 Å². The lowest BCUT2D eigenvalue weighted by Crippen LogP contribution is -2.30. The lowest BCUT2D eigenvalue weighted by molar-refractivity contribution is -0.137.